The van der Waals surface area contributed by atoms with Crippen LogP contribution in [0.25, 0.3) is 11.3 Å². The number of hydrogen-bond acceptors (Lipinski definition) is 3. The molecule has 0 saturated carbocycles. The molecule has 6 heteroatoms. The van der Waals surface area contributed by atoms with Gasteiger partial charge in [0.2, 0.25) is 0 Å². The summed E-state index contributed by atoms with van der Waals surface area (Å²) in [6.07, 6.45) is 3.19. The standard InChI is InChI=1S/C19H20N4O2/c1-19(2,3)14-6-4-12(5-7-14)17(24)22-16-10-13(11-20-18(16)25)15-8-9-21-23-15/h4-11H,1-3H3,(H,20,25)(H,21,23)(H,22,24). The van der Waals surface area contributed by atoms with Gasteiger partial charge in [-0.2, -0.15) is 5.10 Å². The summed E-state index contributed by atoms with van der Waals surface area (Å²) in [5, 5.41) is 9.37. The van der Waals surface area contributed by atoms with E-state index in [2.05, 4.69) is 41.3 Å². The second-order valence-electron chi connectivity index (χ2n) is 6.88. The van der Waals surface area contributed by atoms with E-state index in [-0.39, 0.29) is 22.6 Å². The molecule has 0 radical (unpaired) electrons. The quantitative estimate of drug-likeness (QED) is 0.685. The number of nitrogens with one attached hydrogen (secondary N) is 3. The van der Waals surface area contributed by atoms with Crippen molar-refractivity contribution in [1.82, 2.24) is 15.2 Å². The average molecular weight is 336 g/mol. The first-order valence-corrected chi connectivity index (χ1v) is 7.99. The second-order valence-corrected chi connectivity index (χ2v) is 6.88. The van der Waals surface area contributed by atoms with Crippen LogP contribution in [-0.2, 0) is 5.41 Å². The number of aromatic nitrogens is 3. The normalized spacial score (nSPS) is 11.3. The van der Waals surface area contributed by atoms with Crippen molar-refractivity contribution in [3.8, 4) is 11.3 Å². The van der Waals surface area contributed by atoms with E-state index in [1.54, 1.807) is 36.7 Å². The zero-order chi connectivity index (χ0) is 18.0. The van der Waals surface area contributed by atoms with Crippen LogP contribution in [0.15, 0.2) is 53.6 Å². The second kappa shape index (κ2) is 6.39. The minimum atomic E-state index is -0.358. The van der Waals surface area contributed by atoms with Crippen LogP contribution in [0, 0.1) is 0 Å². The van der Waals surface area contributed by atoms with E-state index in [1.807, 2.05) is 12.1 Å². The lowest BCUT2D eigenvalue weighted by Gasteiger charge is -2.19. The van der Waals surface area contributed by atoms with Crippen LogP contribution in [0.4, 0.5) is 5.69 Å². The number of carbonyl (C=O) groups excluding carboxylic acids is 1. The highest BCUT2D eigenvalue weighted by molar-refractivity contribution is 6.04. The van der Waals surface area contributed by atoms with Crippen molar-refractivity contribution < 1.29 is 4.79 Å². The number of carbonyl (C=O) groups is 1. The van der Waals surface area contributed by atoms with Crippen LogP contribution in [0.1, 0.15) is 36.7 Å². The molecule has 3 aromatic rings. The van der Waals surface area contributed by atoms with Gasteiger partial charge < -0.3 is 10.3 Å². The Labute approximate surface area is 145 Å². The summed E-state index contributed by atoms with van der Waals surface area (Å²) in [6.45, 7) is 6.34. The molecule has 0 aliphatic carbocycles. The number of aromatic amines is 2. The number of rotatable bonds is 3. The molecule has 1 aromatic carbocycles. The SMILES string of the molecule is CC(C)(C)c1ccc(C(=O)Nc2cc(-c3ccn[nH]3)c[nH]c2=O)cc1. The Morgan fingerprint density at radius 1 is 1.12 bits per heavy atom. The van der Waals surface area contributed by atoms with Crippen LogP contribution < -0.4 is 10.9 Å². The Morgan fingerprint density at radius 2 is 1.84 bits per heavy atom. The first-order valence-electron chi connectivity index (χ1n) is 7.99. The maximum atomic E-state index is 12.4. The molecule has 25 heavy (non-hydrogen) atoms. The van der Waals surface area contributed by atoms with Crippen molar-refractivity contribution in [3.63, 3.8) is 0 Å². The largest absolute Gasteiger partial charge is 0.327 e. The van der Waals surface area contributed by atoms with Crippen LogP contribution in [0.5, 0.6) is 0 Å². The van der Waals surface area contributed by atoms with Crippen LogP contribution >= 0.6 is 0 Å². The van der Waals surface area contributed by atoms with Crippen molar-refractivity contribution in [1.29, 1.82) is 0 Å². The molecule has 0 unspecified atom stereocenters. The molecule has 0 atom stereocenters. The van der Waals surface area contributed by atoms with E-state index in [0.717, 1.165) is 16.8 Å². The fourth-order valence-corrected chi connectivity index (χ4v) is 2.46. The zero-order valence-corrected chi connectivity index (χ0v) is 14.4. The van der Waals surface area contributed by atoms with Crippen molar-refractivity contribution in [2.75, 3.05) is 5.32 Å². The average Bonchev–Trinajstić information content (AvgIpc) is 3.10. The first kappa shape index (κ1) is 16.7. The van der Waals surface area contributed by atoms with Gasteiger partial charge in [0.25, 0.3) is 11.5 Å². The molecule has 3 rings (SSSR count). The maximum absolute atomic E-state index is 12.4. The molecule has 6 nitrogen and oxygen atoms in total. The highest BCUT2D eigenvalue weighted by atomic mass is 16.2. The number of amides is 1. The minimum Gasteiger partial charge on any atom is -0.327 e. The van der Waals surface area contributed by atoms with Gasteiger partial charge in [-0.05, 0) is 35.2 Å². The van der Waals surface area contributed by atoms with Crippen molar-refractivity contribution in [2.24, 2.45) is 0 Å². The Bertz CT molecular complexity index is 933. The third-order valence-electron chi connectivity index (χ3n) is 3.98. The van der Waals surface area contributed by atoms with E-state index < -0.39 is 0 Å². The third kappa shape index (κ3) is 3.68. The van der Waals surface area contributed by atoms with Gasteiger partial charge in [0.05, 0.1) is 5.69 Å². The number of benzene rings is 1. The predicted octanol–water partition coefficient (Wildman–Crippen LogP) is 3.31. The van der Waals surface area contributed by atoms with Crippen LogP contribution in [0.3, 0.4) is 0 Å². The Hall–Kier alpha value is -3.15. The highest BCUT2D eigenvalue weighted by Crippen LogP contribution is 2.22. The van der Waals surface area contributed by atoms with E-state index in [4.69, 9.17) is 0 Å². The molecule has 0 aliphatic rings. The molecule has 3 N–H and O–H groups in total. The molecule has 2 aromatic heterocycles. The van der Waals surface area contributed by atoms with E-state index in [1.165, 1.54) is 0 Å². The number of H-pyrrole nitrogens is 2. The number of pyridine rings is 1. The van der Waals surface area contributed by atoms with Crippen molar-refractivity contribution >= 4 is 11.6 Å². The van der Waals surface area contributed by atoms with Gasteiger partial charge in [-0.3, -0.25) is 14.7 Å². The topological polar surface area (TPSA) is 90.6 Å². The molecular formula is C19H20N4O2. The molecule has 128 valence electrons. The Balaban J connectivity index is 1.83. The third-order valence-corrected chi connectivity index (χ3v) is 3.98. The van der Waals surface area contributed by atoms with Gasteiger partial charge in [0, 0.05) is 23.5 Å². The number of hydrogen-bond donors (Lipinski definition) is 3. The molecule has 0 spiro atoms. The molecule has 0 aliphatic heterocycles. The number of nitrogens with zero attached hydrogens (tertiary/aromatic N) is 1. The Morgan fingerprint density at radius 3 is 2.44 bits per heavy atom. The maximum Gasteiger partial charge on any atom is 0.271 e. The molecule has 1 amide bonds. The predicted molar refractivity (Wildman–Crippen MR) is 97.7 cm³/mol. The lowest BCUT2D eigenvalue weighted by atomic mass is 9.87. The summed E-state index contributed by atoms with van der Waals surface area (Å²) in [5.41, 5.74) is 2.98. The fraction of sp³-hybridized carbons (Fsp3) is 0.211. The first-order chi connectivity index (χ1) is 11.8. The smallest absolute Gasteiger partial charge is 0.271 e. The van der Waals surface area contributed by atoms with Crippen molar-refractivity contribution in [2.45, 2.75) is 26.2 Å². The Kier molecular flexibility index (Phi) is 4.27. The number of anilines is 1. The minimum absolute atomic E-state index is 0.0184. The zero-order valence-electron chi connectivity index (χ0n) is 14.4. The van der Waals surface area contributed by atoms with Crippen LogP contribution in [-0.4, -0.2) is 21.1 Å². The summed E-state index contributed by atoms with van der Waals surface area (Å²) in [4.78, 5) is 27.1. The molecule has 0 bridgehead atoms. The molecule has 0 fully saturated rings. The highest BCUT2D eigenvalue weighted by Gasteiger charge is 2.15. The summed E-state index contributed by atoms with van der Waals surface area (Å²) < 4.78 is 0. The fourth-order valence-electron chi connectivity index (χ4n) is 2.46. The molecule has 2 heterocycles. The summed E-state index contributed by atoms with van der Waals surface area (Å²) in [6, 6.07) is 10.8. The van der Waals surface area contributed by atoms with Crippen LogP contribution in [0.2, 0.25) is 0 Å². The summed E-state index contributed by atoms with van der Waals surface area (Å²) in [5.74, 6) is -0.326. The van der Waals surface area contributed by atoms with Gasteiger partial charge in [0.1, 0.15) is 5.69 Å². The van der Waals surface area contributed by atoms with Gasteiger partial charge in [0.15, 0.2) is 0 Å². The van der Waals surface area contributed by atoms with Crippen molar-refractivity contribution in [3.05, 3.63) is 70.3 Å². The molecule has 0 saturated heterocycles. The van der Waals surface area contributed by atoms with E-state index in [9.17, 15) is 9.59 Å². The van der Waals surface area contributed by atoms with Gasteiger partial charge >= 0.3 is 0 Å². The summed E-state index contributed by atoms with van der Waals surface area (Å²) >= 11 is 0. The van der Waals surface area contributed by atoms with Gasteiger partial charge in [-0.25, -0.2) is 0 Å². The monoisotopic (exact) mass is 336 g/mol. The van der Waals surface area contributed by atoms with E-state index >= 15 is 0 Å². The van der Waals surface area contributed by atoms with E-state index in [0.29, 0.717) is 5.56 Å². The lowest BCUT2D eigenvalue weighted by molar-refractivity contribution is 0.102. The van der Waals surface area contributed by atoms with Gasteiger partial charge in [-0.15, -0.1) is 0 Å². The van der Waals surface area contributed by atoms with Gasteiger partial charge in [-0.1, -0.05) is 32.9 Å². The molecular weight excluding hydrogens is 316 g/mol. The summed E-state index contributed by atoms with van der Waals surface area (Å²) in [7, 11) is 0. The lowest BCUT2D eigenvalue weighted by Crippen LogP contribution is -2.20.